The Morgan fingerprint density at radius 1 is 1.36 bits per heavy atom. The molecule has 5 nitrogen and oxygen atoms in total. The first-order valence-corrected chi connectivity index (χ1v) is 4.57. The molecule has 0 aromatic rings. The zero-order valence-electron chi connectivity index (χ0n) is 8.43. The van der Waals surface area contributed by atoms with Gasteiger partial charge in [0.15, 0.2) is 6.07 Å². The summed E-state index contributed by atoms with van der Waals surface area (Å²) in [6.45, 7) is 4.93. The average molecular weight is 224 g/mol. The molecule has 0 bridgehead atoms. The molecule has 1 N–H and O–H groups in total. The molecule has 0 rings (SSSR count). The van der Waals surface area contributed by atoms with Crippen LogP contribution in [0.15, 0.2) is 0 Å². The van der Waals surface area contributed by atoms with Crippen LogP contribution >= 0.6 is 11.6 Å². The number of halogens is 1. The predicted molar refractivity (Wildman–Crippen MR) is 51.0 cm³/mol. The van der Waals surface area contributed by atoms with E-state index in [1.165, 1.54) is 0 Å². The predicted octanol–water partition coefficient (Wildman–Crippen LogP) is 1.25. The van der Waals surface area contributed by atoms with Gasteiger partial charge in [-0.1, -0.05) is 11.6 Å². The van der Waals surface area contributed by atoms with Crippen LogP contribution in [0.5, 0.6) is 0 Å². The van der Waals surface area contributed by atoms with Gasteiger partial charge in [0.05, 0.1) is 0 Å². The van der Waals surface area contributed by atoms with Gasteiger partial charge in [0, 0.05) is 0 Å². The fourth-order valence-corrected chi connectivity index (χ4v) is 0.692. The van der Waals surface area contributed by atoms with Gasteiger partial charge < -0.3 is 14.8 Å². The highest BCUT2D eigenvalue weighted by atomic mass is 35.5. The minimum Gasteiger partial charge on any atom is -0.448 e. The van der Waals surface area contributed by atoms with E-state index in [0.717, 1.165) is 0 Å². The molecule has 0 heterocycles. The van der Waals surface area contributed by atoms with Crippen molar-refractivity contribution in [2.45, 2.75) is 26.4 Å². The zero-order valence-corrected chi connectivity index (χ0v) is 9.18. The maximum absolute atomic E-state index is 11.0. The third kappa shape index (κ3) is 7.67. The van der Waals surface area contributed by atoms with Crippen molar-refractivity contribution >= 4 is 23.7 Å². The Bertz CT molecular complexity index is 212. The standard InChI is InChI=1S/C8H14ClNO4/c1-8(2,3)14-7(12)10-4-6(11)13-5-9/h4-5H2,1-3H3,(H,10,12). The molecule has 0 fully saturated rings. The van der Waals surface area contributed by atoms with E-state index in [1.807, 2.05) is 0 Å². The Morgan fingerprint density at radius 3 is 2.36 bits per heavy atom. The van der Waals surface area contributed by atoms with Crippen molar-refractivity contribution < 1.29 is 19.1 Å². The second-order valence-electron chi connectivity index (χ2n) is 3.48. The lowest BCUT2D eigenvalue weighted by Gasteiger charge is -2.19. The number of carbonyl (C=O) groups excluding carboxylic acids is 2. The van der Waals surface area contributed by atoms with E-state index in [-0.39, 0.29) is 12.6 Å². The van der Waals surface area contributed by atoms with Gasteiger partial charge in [-0.3, -0.25) is 4.79 Å². The first kappa shape index (κ1) is 13.0. The molecule has 6 heteroatoms. The van der Waals surface area contributed by atoms with Gasteiger partial charge in [-0.25, -0.2) is 4.79 Å². The minimum absolute atomic E-state index is 0.227. The maximum Gasteiger partial charge on any atom is 0.408 e. The van der Waals surface area contributed by atoms with E-state index < -0.39 is 17.7 Å². The quantitative estimate of drug-likeness (QED) is 0.578. The van der Waals surface area contributed by atoms with Gasteiger partial charge in [-0.2, -0.15) is 0 Å². The normalized spacial score (nSPS) is 10.6. The summed E-state index contributed by atoms with van der Waals surface area (Å²) in [6.07, 6.45) is -0.663. The summed E-state index contributed by atoms with van der Waals surface area (Å²) in [5.74, 6) is -0.606. The van der Waals surface area contributed by atoms with E-state index in [4.69, 9.17) is 16.3 Å². The molecule has 82 valence electrons. The molecule has 1 amide bonds. The molecule has 0 aromatic heterocycles. The molecule has 0 radical (unpaired) electrons. The molecule has 0 atom stereocenters. The molecular weight excluding hydrogens is 210 g/mol. The molecule has 0 spiro atoms. The summed E-state index contributed by atoms with van der Waals surface area (Å²) in [4.78, 5) is 21.7. The number of ether oxygens (including phenoxy) is 2. The van der Waals surface area contributed by atoms with Crippen molar-refractivity contribution in [3.05, 3.63) is 0 Å². The van der Waals surface area contributed by atoms with Gasteiger partial charge in [0.25, 0.3) is 0 Å². The van der Waals surface area contributed by atoms with Crippen LogP contribution in [0, 0.1) is 0 Å². The lowest BCUT2D eigenvalue weighted by molar-refractivity contribution is -0.140. The fraction of sp³-hybridized carbons (Fsp3) is 0.750. The first-order valence-electron chi connectivity index (χ1n) is 4.03. The molecule has 0 unspecified atom stereocenters. The number of alkyl carbamates (subject to hydrolysis) is 1. The molecule has 0 aromatic carbocycles. The van der Waals surface area contributed by atoms with Crippen LogP contribution in [0.2, 0.25) is 0 Å². The van der Waals surface area contributed by atoms with E-state index >= 15 is 0 Å². The van der Waals surface area contributed by atoms with Crippen LogP contribution in [0.4, 0.5) is 4.79 Å². The molecule has 0 aliphatic carbocycles. The first-order chi connectivity index (χ1) is 6.35. The molecular formula is C8H14ClNO4. The van der Waals surface area contributed by atoms with Crippen molar-refractivity contribution in [3.8, 4) is 0 Å². The average Bonchev–Trinajstić information content (AvgIpc) is 1.98. The van der Waals surface area contributed by atoms with Crippen LogP contribution in [-0.2, 0) is 14.3 Å². The van der Waals surface area contributed by atoms with Crippen molar-refractivity contribution in [2.24, 2.45) is 0 Å². The van der Waals surface area contributed by atoms with Crippen LogP contribution in [0.1, 0.15) is 20.8 Å². The van der Waals surface area contributed by atoms with Crippen LogP contribution in [0.25, 0.3) is 0 Å². The minimum atomic E-state index is -0.663. The van der Waals surface area contributed by atoms with Crippen LogP contribution < -0.4 is 5.32 Å². The topological polar surface area (TPSA) is 64.6 Å². The summed E-state index contributed by atoms with van der Waals surface area (Å²) in [5, 5.41) is 2.23. The summed E-state index contributed by atoms with van der Waals surface area (Å²) in [5.41, 5.74) is -0.583. The number of esters is 1. The van der Waals surface area contributed by atoms with Crippen molar-refractivity contribution in [1.82, 2.24) is 5.32 Å². The number of rotatable bonds is 3. The van der Waals surface area contributed by atoms with Crippen molar-refractivity contribution in [2.75, 3.05) is 12.6 Å². The Hall–Kier alpha value is -0.970. The molecule has 0 aliphatic rings. The Kier molecular flexibility index (Phi) is 5.30. The van der Waals surface area contributed by atoms with Gasteiger partial charge in [0.1, 0.15) is 12.1 Å². The van der Waals surface area contributed by atoms with E-state index in [0.29, 0.717) is 0 Å². The molecule has 14 heavy (non-hydrogen) atoms. The second-order valence-corrected chi connectivity index (χ2v) is 3.70. The van der Waals surface area contributed by atoms with E-state index in [1.54, 1.807) is 20.8 Å². The molecule has 0 saturated carbocycles. The monoisotopic (exact) mass is 223 g/mol. The van der Waals surface area contributed by atoms with Gasteiger partial charge in [-0.15, -0.1) is 0 Å². The summed E-state index contributed by atoms with van der Waals surface area (Å²) in [6, 6.07) is -0.227. The maximum atomic E-state index is 11.0. The number of alkyl halides is 1. The highest BCUT2D eigenvalue weighted by Crippen LogP contribution is 2.05. The molecule has 0 saturated heterocycles. The van der Waals surface area contributed by atoms with Gasteiger partial charge in [0.2, 0.25) is 0 Å². The largest absolute Gasteiger partial charge is 0.448 e. The van der Waals surface area contributed by atoms with Crippen LogP contribution in [-0.4, -0.2) is 30.3 Å². The lowest BCUT2D eigenvalue weighted by Crippen LogP contribution is -2.35. The summed E-state index contributed by atoms with van der Waals surface area (Å²) >= 11 is 5.13. The van der Waals surface area contributed by atoms with Crippen molar-refractivity contribution in [3.63, 3.8) is 0 Å². The zero-order chi connectivity index (χ0) is 11.2. The number of hydrogen-bond acceptors (Lipinski definition) is 4. The highest BCUT2D eigenvalue weighted by Gasteiger charge is 2.16. The third-order valence-electron chi connectivity index (χ3n) is 0.991. The fourth-order valence-electron chi connectivity index (χ4n) is 0.570. The Balaban J connectivity index is 3.70. The summed E-state index contributed by atoms with van der Waals surface area (Å²) < 4.78 is 9.25. The highest BCUT2D eigenvalue weighted by molar-refractivity contribution is 6.17. The van der Waals surface area contributed by atoms with E-state index in [2.05, 4.69) is 10.1 Å². The molecule has 0 aliphatic heterocycles. The number of nitrogens with one attached hydrogen (secondary N) is 1. The van der Waals surface area contributed by atoms with Gasteiger partial charge in [-0.05, 0) is 20.8 Å². The van der Waals surface area contributed by atoms with Gasteiger partial charge >= 0.3 is 12.1 Å². The number of amides is 1. The summed E-state index contributed by atoms with van der Waals surface area (Å²) in [7, 11) is 0. The van der Waals surface area contributed by atoms with Crippen LogP contribution in [0.3, 0.4) is 0 Å². The smallest absolute Gasteiger partial charge is 0.408 e. The second kappa shape index (κ2) is 5.70. The number of carbonyl (C=O) groups is 2. The Morgan fingerprint density at radius 2 is 1.93 bits per heavy atom. The van der Waals surface area contributed by atoms with Crippen molar-refractivity contribution in [1.29, 1.82) is 0 Å². The Labute approximate surface area is 87.7 Å². The number of hydrogen-bond donors (Lipinski definition) is 1. The lowest BCUT2D eigenvalue weighted by atomic mass is 10.2. The van der Waals surface area contributed by atoms with E-state index in [9.17, 15) is 9.59 Å². The SMILES string of the molecule is CC(C)(C)OC(=O)NCC(=O)OCCl. The third-order valence-corrected chi connectivity index (χ3v) is 1.10.